The maximum atomic E-state index is 12.2. The van der Waals surface area contributed by atoms with Crippen molar-refractivity contribution in [3.05, 3.63) is 17.2 Å². The van der Waals surface area contributed by atoms with Crippen molar-refractivity contribution >= 4 is 11.9 Å². The van der Waals surface area contributed by atoms with Gasteiger partial charge in [0.05, 0.1) is 7.11 Å². The van der Waals surface area contributed by atoms with Crippen molar-refractivity contribution in [2.45, 2.75) is 91.9 Å². The van der Waals surface area contributed by atoms with Crippen LogP contribution in [0.4, 0.5) is 0 Å². The Morgan fingerprint density at radius 3 is 2.55 bits per heavy atom. The lowest BCUT2D eigenvalue weighted by Gasteiger charge is -2.60. The first kappa shape index (κ1) is 22.8. The fourth-order valence-electron chi connectivity index (χ4n) is 9.05. The van der Waals surface area contributed by atoms with E-state index in [0.717, 1.165) is 24.0 Å². The van der Waals surface area contributed by atoms with Gasteiger partial charge in [-0.15, -0.1) is 0 Å². The summed E-state index contributed by atoms with van der Waals surface area (Å²) in [6.45, 7) is 9.33. The lowest BCUT2D eigenvalue weighted by atomic mass is 9.43. The molecule has 0 aromatic rings. The molecule has 0 N–H and O–H groups in total. The summed E-state index contributed by atoms with van der Waals surface area (Å²) in [6.07, 6.45) is 14.0. The first-order chi connectivity index (χ1) is 14.8. The van der Waals surface area contributed by atoms with Gasteiger partial charge in [-0.25, -0.2) is 9.59 Å². The zero-order chi connectivity index (χ0) is 22.4. The van der Waals surface area contributed by atoms with Gasteiger partial charge in [-0.05, 0) is 105 Å². The Hall–Kier alpha value is -1.34. The van der Waals surface area contributed by atoms with Crippen LogP contribution in [0.25, 0.3) is 0 Å². The minimum Gasteiger partial charge on any atom is -0.466 e. The van der Waals surface area contributed by atoms with Crippen LogP contribution in [0.5, 0.6) is 0 Å². The first-order valence-corrected chi connectivity index (χ1v) is 12.8. The fraction of sp³-hybridized carbons (Fsp3) is 0.821. The molecule has 3 heteroatoms. The molecule has 4 fully saturated rings. The van der Waals surface area contributed by atoms with Gasteiger partial charge >= 0.3 is 5.97 Å². The van der Waals surface area contributed by atoms with E-state index in [9.17, 15) is 9.59 Å². The number of methoxy groups -OCH3 is 1. The van der Waals surface area contributed by atoms with Gasteiger partial charge in [-0.1, -0.05) is 39.7 Å². The lowest BCUT2D eigenvalue weighted by molar-refractivity contribution is -0.136. The summed E-state index contributed by atoms with van der Waals surface area (Å²) >= 11 is 0. The van der Waals surface area contributed by atoms with Crippen LogP contribution >= 0.6 is 0 Å². The number of ether oxygens (including phenoxy) is 1. The van der Waals surface area contributed by atoms with E-state index in [-0.39, 0.29) is 11.4 Å². The Morgan fingerprint density at radius 2 is 1.87 bits per heavy atom. The van der Waals surface area contributed by atoms with Crippen LogP contribution in [0.3, 0.4) is 0 Å². The molecule has 0 amide bonds. The molecule has 0 aromatic heterocycles. The van der Waals surface area contributed by atoms with E-state index < -0.39 is 0 Å². The summed E-state index contributed by atoms with van der Waals surface area (Å²) in [7, 11) is 1.47. The number of allylic oxidation sites excluding steroid dienone is 2. The molecular formula is C28H42O3. The standard InChI is InChI=1S/C28H42O3/c1-6-19(26(30)31-5)15-18(2)22-10-11-23-25-20(17-29)16-21-9-7-8-13-27(21,3)24(25)12-14-28(22,23)4/h6,18,21-25H,7-16H2,1-5H3/t18-,21?,22-,23+,24+,25+,27+,28-/m1/s1. The number of hydrogen-bond acceptors (Lipinski definition) is 3. The van der Waals surface area contributed by atoms with Crippen molar-refractivity contribution < 1.29 is 14.3 Å². The van der Waals surface area contributed by atoms with E-state index in [1.54, 1.807) is 0 Å². The molecule has 1 unspecified atom stereocenters. The highest BCUT2D eigenvalue weighted by Gasteiger charge is 2.61. The first-order valence-electron chi connectivity index (χ1n) is 12.8. The van der Waals surface area contributed by atoms with E-state index in [0.29, 0.717) is 40.9 Å². The quantitative estimate of drug-likeness (QED) is 0.291. The second-order valence-corrected chi connectivity index (χ2v) is 11.7. The Kier molecular flexibility index (Phi) is 6.29. The van der Waals surface area contributed by atoms with Crippen molar-refractivity contribution in [2.24, 2.45) is 46.3 Å². The molecule has 31 heavy (non-hydrogen) atoms. The molecule has 0 bridgehead atoms. The maximum absolute atomic E-state index is 12.2. The monoisotopic (exact) mass is 426 g/mol. The predicted molar refractivity (Wildman–Crippen MR) is 124 cm³/mol. The molecule has 4 aliphatic carbocycles. The van der Waals surface area contributed by atoms with E-state index >= 15 is 0 Å². The zero-order valence-corrected chi connectivity index (χ0v) is 20.3. The molecule has 0 heterocycles. The normalized spacial score (nSPS) is 43.3. The summed E-state index contributed by atoms with van der Waals surface area (Å²) in [5.41, 5.74) is 2.61. The minimum atomic E-state index is -0.188. The van der Waals surface area contributed by atoms with Crippen molar-refractivity contribution in [3.8, 4) is 0 Å². The summed E-state index contributed by atoms with van der Waals surface area (Å²) in [5, 5.41) is 0. The molecule has 0 spiro atoms. The van der Waals surface area contributed by atoms with Crippen LogP contribution in [0.2, 0.25) is 0 Å². The van der Waals surface area contributed by atoms with Crippen LogP contribution in [0, 0.1) is 46.3 Å². The highest BCUT2D eigenvalue weighted by atomic mass is 16.5. The third-order valence-electron chi connectivity index (χ3n) is 10.7. The highest BCUT2D eigenvalue weighted by Crippen LogP contribution is 2.69. The Balaban J connectivity index is 1.60. The fourth-order valence-corrected chi connectivity index (χ4v) is 9.05. The molecule has 0 saturated heterocycles. The van der Waals surface area contributed by atoms with E-state index in [1.165, 1.54) is 58.5 Å². The van der Waals surface area contributed by atoms with Crippen LogP contribution in [-0.4, -0.2) is 19.0 Å². The highest BCUT2D eigenvalue weighted by molar-refractivity contribution is 5.88. The number of carbonyl (C=O) groups excluding carboxylic acids is 2. The summed E-state index contributed by atoms with van der Waals surface area (Å²) in [5.74, 6) is 5.74. The van der Waals surface area contributed by atoms with Crippen LogP contribution in [0.1, 0.15) is 91.9 Å². The summed E-state index contributed by atoms with van der Waals surface area (Å²) in [6, 6.07) is 0. The molecule has 0 radical (unpaired) electrons. The Bertz CT molecular complexity index is 790. The molecule has 4 aliphatic rings. The second kappa shape index (κ2) is 8.54. The van der Waals surface area contributed by atoms with Gasteiger partial charge in [0.15, 0.2) is 0 Å². The third-order valence-corrected chi connectivity index (χ3v) is 10.7. The van der Waals surface area contributed by atoms with Gasteiger partial charge in [0, 0.05) is 11.1 Å². The Labute approximate surface area is 189 Å². The van der Waals surface area contributed by atoms with Gasteiger partial charge in [-0.2, -0.15) is 0 Å². The summed E-state index contributed by atoms with van der Waals surface area (Å²) < 4.78 is 5.01. The van der Waals surface area contributed by atoms with Crippen LogP contribution in [-0.2, 0) is 14.3 Å². The molecule has 3 nitrogen and oxygen atoms in total. The maximum Gasteiger partial charge on any atom is 0.333 e. The third kappa shape index (κ3) is 3.56. The van der Waals surface area contributed by atoms with Gasteiger partial charge in [0.2, 0.25) is 0 Å². The zero-order valence-electron chi connectivity index (χ0n) is 20.3. The summed E-state index contributed by atoms with van der Waals surface area (Å²) in [4.78, 5) is 24.3. The van der Waals surface area contributed by atoms with E-state index in [1.807, 2.05) is 13.0 Å². The topological polar surface area (TPSA) is 43.4 Å². The smallest absolute Gasteiger partial charge is 0.333 e. The molecule has 0 aromatic carbocycles. The van der Waals surface area contributed by atoms with Crippen LogP contribution < -0.4 is 0 Å². The van der Waals surface area contributed by atoms with Gasteiger partial charge in [0.25, 0.3) is 0 Å². The molecule has 172 valence electrons. The average Bonchev–Trinajstić information content (AvgIpc) is 3.13. The molecule has 0 aliphatic heterocycles. The number of fused-ring (bicyclic) bond motifs is 5. The second-order valence-electron chi connectivity index (χ2n) is 11.7. The van der Waals surface area contributed by atoms with Crippen LogP contribution in [0.15, 0.2) is 17.2 Å². The van der Waals surface area contributed by atoms with Crippen molar-refractivity contribution in [3.63, 3.8) is 0 Å². The van der Waals surface area contributed by atoms with E-state index in [2.05, 4.69) is 26.7 Å². The van der Waals surface area contributed by atoms with Crippen molar-refractivity contribution in [1.82, 2.24) is 0 Å². The SMILES string of the molecule is CC=C(C[C@@H](C)[C@H]1CC[C@H]2[C@@H]3C(=C=O)CC4CCCC[C@]4(C)[C@H]3CC[C@]12C)C(=O)OC. The molecular weight excluding hydrogens is 384 g/mol. The van der Waals surface area contributed by atoms with Gasteiger partial charge in [-0.3, -0.25) is 0 Å². The average molecular weight is 427 g/mol. The number of carbonyl (C=O) groups is 1. The number of hydrogen-bond donors (Lipinski definition) is 0. The number of esters is 1. The molecule has 4 saturated carbocycles. The van der Waals surface area contributed by atoms with Gasteiger partial charge < -0.3 is 4.74 Å². The van der Waals surface area contributed by atoms with E-state index in [4.69, 9.17) is 4.74 Å². The lowest BCUT2D eigenvalue weighted by Crippen LogP contribution is -2.54. The number of rotatable bonds is 4. The van der Waals surface area contributed by atoms with Crippen molar-refractivity contribution in [1.29, 1.82) is 0 Å². The molecule has 8 atom stereocenters. The largest absolute Gasteiger partial charge is 0.466 e. The van der Waals surface area contributed by atoms with Gasteiger partial charge in [0.1, 0.15) is 5.94 Å². The minimum absolute atomic E-state index is 0.188. The Morgan fingerprint density at radius 1 is 1.13 bits per heavy atom. The predicted octanol–water partition coefficient (Wildman–Crippen LogP) is 6.55. The molecule has 4 rings (SSSR count). The van der Waals surface area contributed by atoms with Crippen molar-refractivity contribution in [2.75, 3.05) is 7.11 Å².